The third-order valence-corrected chi connectivity index (χ3v) is 4.46. The van der Waals surface area contributed by atoms with Crippen LogP contribution in [0.3, 0.4) is 0 Å². The maximum absolute atomic E-state index is 12.9. The number of nitrogens with zero attached hydrogens (tertiary/aromatic N) is 2. The number of nitrogens with two attached hydrogens (primary N) is 1. The van der Waals surface area contributed by atoms with E-state index in [0.717, 1.165) is 15.9 Å². The molecule has 21 heavy (non-hydrogen) atoms. The first kappa shape index (κ1) is 13.6. The molecule has 2 aromatic heterocycles. The summed E-state index contributed by atoms with van der Waals surface area (Å²) >= 11 is 1.29. The van der Waals surface area contributed by atoms with Gasteiger partial charge < -0.3 is 11.1 Å². The lowest BCUT2D eigenvalue weighted by Gasteiger charge is -2.04. The molecule has 0 unspecified atom stereocenters. The number of hydrogen-bond donors (Lipinski definition) is 2. The molecule has 0 bridgehead atoms. The molecule has 7 heteroatoms. The molecule has 0 spiro atoms. The fourth-order valence-electron chi connectivity index (χ4n) is 2.22. The average Bonchev–Trinajstić information content (AvgIpc) is 2.92. The van der Waals surface area contributed by atoms with Gasteiger partial charge in [-0.2, -0.15) is 5.10 Å². The van der Waals surface area contributed by atoms with E-state index in [1.54, 1.807) is 4.68 Å². The molecule has 0 saturated carbocycles. The summed E-state index contributed by atoms with van der Waals surface area (Å²) in [4.78, 5) is 13.6. The Morgan fingerprint density at radius 1 is 1.38 bits per heavy atom. The van der Waals surface area contributed by atoms with Gasteiger partial charge in [0, 0.05) is 12.7 Å². The van der Waals surface area contributed by atoms with E-state index >= 15 is 0 Å². The number of hydrogen-bond acceptors (Lipinski definition) is 4. The lowest BCUT2D eigenvalue weighted by molar-refractivity contribution is 0.103. The molecule has 0 aliphatic carbocycles. The second-order valence-corrected chi connectivity index (χ2v) is 5.69. The molecule has 1 aromatic carbocycles. The number of carbonyl (C=O) groups is 1. The van der Waals surface area contributed by atoms with Crippen LogP contribution in [0.4, 0.5) is 15.8 Å². The normalized spacial score (nSPS) is 11.0. The number of nitrogens with one attached hydrogen (secondary N) is 1. The molecule has 0 aliphatic heterocycles. The number of anilines is 2. The summed E-state index contributed by atoms with van der Waals surface area (Å²) in [6, 6.07) is 5.59. The van der Waals surface area contributed by atoms with E-state index in [1.807, 2.05) is 14.0 Å². The van der Waals surface area contributed by atoms with E-state index in [0.29, 0.717) is 16.3 Å². The summed E-state index contributed by atoms with van der Waals surface area (Å²) in [5.41, 5.74) is 7.81. The summed E-state index contributed by atoms with van der Waals surface area (Å²) in [5, 5.41) is 7.80. The zero-order valence-electron chi connectivity index (χ0n) is 11.5. The van der Waals surface area contributed by atoms with Crippen LogP contribution in [-0.2, 0) is 7.05 Å². The van der Waals surface area contributed by atoms with Crippen molar-refractivity contribution in [1.82, 2.24) is 9.78 Å². The Hall–Kier alpha value is -2.41. The Kier molecular flexibility index (Phi) is 3.13. The molecular weight excluding hydrogens is 291 g/mol. The van der Waals surface area contributed by atoms with E-state index in [-0.39, 0.29) is 11.7 Å². The van der Waals surface area contributed by atoms with E-state index in [9.17, 15) is 9.18 Å². The molecule has 3 N–H and O–H groups in total. The molecule has 3 rings (SSSR count). The van der Waals surface area contributed by atoms with Crippen molar-refractivity contribution in [1.29, 1.82) is 0 Å². The third-order valence-electron chi connectivity index (χ3n) is 3.19. The van der Waals surface area contributed by atoms with Gasteiger partial charge in [-0.1, -0.05) is 0 Å². The maximum Gasteiger partial charge on any atom is 0.267 e. The van der Waals surface area contributed by atoms with Gasteiger partial charge in [-0.05, 0) is 31.2 Å². The van der Waals surface area contributed by atoms with Gasteiger partial charge in [0.15, 0.2) is 0 Å². The number of aromatic nitrogens is 2. The van der Waals surface area contributed by atoms with Crippen LogP contribution in [0.15, 0.2) is 24.3 Å². The quantitative estimate of drug-likeness (QED) is 0.764. The molecule has 0 fully saturated rings. The SMILES string of the molecule is Cc1nn(C)c2sc(C(=O)Nc3ccc(F)cc3)c(N)c12. The largest absolute Gasteiger partial charge is 0.397 e. The number of amides is 1. The van der Waals surface area contributed by atoms with Gasteiger partial charge in [-0.15, -0.1) is 11.3 Å². The molecule has 1 amide bonds. The Balaban J connectivity index is 1.96. The van der Waals surface area contributed by atoms with Crippen molar-refractivity contribution < 1.29 is 9.18 Å². The number of nitrogen functional groups attached to an aromatic ring is 1. The van der Waals surface area contributed by atoms with E-state index in [2.05, 4.69) is 10.4 Å². The average molecular weight is 304 g/mol. The van der Waals surface area contributed by atoms with Crippen molar-refractivity contribution in [3.63, 3.8) is 0 Å². The first-order chi connectivity index (χ1) is 9.97. The monoisotopic (exact) mass is 304 g/mol. The smallest absolute Gasteiger partial charge is 0.267 e. The Morgan fingerprint density at radius 2 is 2.05 bits per heavy atom. The minimum absolute atomic E-state index is 0.306. The summed E-state index contributed by atoms with van der Waals surface area (Å²) in [5.74, 6) is -0.657. The van der Waals surface area contributed by atoms with Crippen LogP contribution in [0.5, 0.6) is 0 Å². The molecule has 3 aromatic rings. The molecule has 2 heterocycles. The van der Waals surface area contributed by atoms with Crippen molar-refractivity contribution in [2.45, 2.75) is 6.92 Å². The topological polar surface area (TPSA) is 72.9 Å². The minimum atomic E-state index is -0.351. The fourth-order valence-corrected chi connectivity index (χ4v) is 3.30. The maximum atomic E-state index is 12.9. The molecule has 0 saturated heterocycles. The second kappa shape index (κ2) is 4.85. The first-order valence-electron chi connectivity index (χ1n) is 6.26. The summed E-state index contributed by atoms with van der Waals surface area (Å²) in [6.07, 6.45) is 0. The van der Waals surface area contributed by atoms with Gasteiger partial charge in [0.2, 0.25) is 0 Å². The summed E-state index contributed by atoms with van der Waals surface area (Å²) in [7, 11) is 1.81. The predicted octanol–water partition coefficient (Wildman–Crippen LogP) is 2.92. The first-order valence-corrected chi connectivity index (χ1v) is 7.07. The zero-order valence-corrected chi connectivity index (χ0v) is 12.3. The molecule has 5 nitrogen and oxygen atoms in total. The van der Waals surface area contributed by atoms with Crippen molar-refractivity contribution in [2.24, 2.45) is 7.05 Å². The highest BCUT2D eigenvalue weighted by molar-refractivity contribution is 7.21. The number of thiophene rings is 1. The highest BCUT2D eigenvalue weighted by Gasteiger charge is 2.20. The van der Waals surface area contributed by atoms with Gasteiger partial charge in [0.05, 0.1) is 16.8 Å². The van der Waals surface area contributed by atoms with Crippen LogP contribution < -0.4 is 11.1 Å². The highest BCUT2D eigenvalue weighted by Crippen LogP contribution is 2.35. The number of aryl methyl sites for hydroxylation is 2. The minimum Gasteiger partial charge on any atom is -0.397 e. The van der Waals surface area contributed by atoms with Crippen molar-refractivity contribution in [3.8, 4) is 0 Å². The Morgan fingerprint density at radius 3 is 2.67 bits per heavy atom. The number of fused-ring (bicyclic) bond motifs is 1. The van der Waals surface area contributed by atoms with E-state index < -0.39 is 0 Å². The van der Waals surface area contributed by atoms with Crippen LogP contribution >= 0.6 is 11.3 Å². The Bertz CT molecular complexity index is 835. The van der Waals surface area contributed by atoms with Crippen LogP contribution in [0.2, 0.25) is 0 Å². The molecule has 108 valence electrons. The number of carbonyl (C=O) groups excluding carboxylic acids is 1. The standard InChI is InChI=1S/C14H13FN4OS/c1-7-10-11(16)12(21-14(10)19(2)18-7)13(20)17-9-5-3-8(15)4-6-9/h3-6H,16H2,1-2H3,(H,17,20). The van der Waals surface area contributed by atoms with Crippen LogP contribution in [0, 0.1) is 12.7 Å². The lowest BCUT2D eigenvalue weighted by atomic mass is 10.2. The number of rotatable bonds is 2. The van der Waals surface area contributed by atoms with Gasteiger partial charge in [-0.25, -0.2) is 4.39 Å². The van der Waals surface area contributed by atoms with E-state index in [1.165, 1.54) is 35.6 Å². The zero-order chi connectivity index (χ0) is 15.1. The van der Waals surface area contributed by atoms with Gasteiger partial charge in [0.1, 0.15) is 15.5 Å². The number of halogens is 1. The predicted molar refractivity (Wildman–Crippen MR) is 82.1 cm³/mol. The molecule has 0 atom stereocenters. The molecular formula is C14H13FN4OS. The Labute approximate surface area is 124 Å². The lowest BCUT2D eigenvalue weighted by Crippen LogP contribution is -2.12. The summed E-state index contributed by atoms with van der Waals surface area (Å²) in [6.45, 7) is 1.85. The molecule has 0 aliphatic rings. The highest BCUT2D eigenvalue weighted by atomic mass is 32.1. The van der Waals surface area contributed by atoms with Gasteiger partial charge >= 0.3 is 0 Å². The number of benzene rings is 1. The van der Waals surface area contributed by atoms with Crippen LogP contribution in [0.1, 0.15) is 15.4 Å². The summed E-state index contributed by atoms with van der Waals surface area (Å²) < 4.78 is 14.6. The molecule has 0 radical (unpaired) electrons. The van der Waals surface area contributed by atoms with Crippen molar-refractivity contribution >= 4 is 38.8 Å². The van der Waals surface area contributed by atoms with Crippen LogP contribution in [-0.4, -0.2) is 15.7 Å². The van der Waals surface area contributed by atoms with Gasteiger partial charge in [0.25, 0.3) is 5.91 Å². The third kappa shape index (κ3) is 2.25. The van der Waals surface area contributed by atoms with Crippen LogP contribution in [0.25, 0.3) is 10.2 Å². The van der Waals surface area contributed by atoms with Crippen molar-refractivity contribution in [2.75, 3.05) is 11.1 Å². The fraction of sp³-hybridized carbons (Fsp3) is 0.143. The van der Waals surface area contributed by atoms with Crippen molar-refractivity contribution in [3.05, 3.63) is 40.7 Å². The second-order valence-electron chi connectivity index (χ2n) is 4.70. The van der Waals surface area contributed by atoms with E-state index in [4.69, 9.17) is 5.73 Å². The van der Waals surface area contributed by atoms with Gasteiger partial charge in [-0.3, -0.25) is 9.48 Å².